The van der Waals surface area contributed by atoms with E-state index in [1.807, 2.05) is 35.2 Å². The number of rotatable bonds is 2. The maximum atomic E-state index is 11.6. The Bertz CT molecular complexity index is 386. The predicted octanol–water partition coefficient (Wildman–Crippen LogP) is 1.06. The van der Waals surface area contributed by atoms with Crippen LogP contribution in [0.1, 0.15) is 24.4 Å². The first kappa shape index (κ1) is 8.92. The highest BCUT2D eigenvalue weighted by Gasteiger charge is 2.51. The normalized spacial score (nSPS) is 30.2. The molecule has 3 rings (SSSR count). The highest BCUT2D eigenvalue weighted by Crippen LogP contribution is 2.42. The fourth-order valence-corrected chi connectivity index (χ4v) is 2.31. The molecule has 1 aromatic carbocycles. The molecule has 1 amide bonds. The average molecular weight is 202 g/mol. The minimum absolute atomic E-state index is 0.117. The summed E-state index contributed by atoms with van der Waals surface area (Å²) in [5.41, 5.74) is 7.03. The smallest absolute Gasteiger partial charge is 0.242 e. The van der Waals surface area contributed by atoms with Crippen molar-refractivity contribution in [2.24, 2.45) is 5.73 Å². The Morgan fingerprint density at radius 3 is 2.47 bits per heavy atom. The first-order chi connectivity index (χ1) is 7.29. The van der Waals surface area contributed by atoms with Gasteiger partial charge in [0.15, 0.2) is 0 Å². The van der Waals surface area contributed by atoms with Gasteiger partial charge in [-0.05, 0) is 18.4 Å². The van der Waals surface area contributed by atoms with Crippen LogP contribution in [0.5, 0.6) is 0 Å². The summed E-state index contributed by atoms with van der Waals surface area (Å²) in [5.74, 6) is 0.117. The molecule has 0 radical (unpaired) electrons. The Morgan fingerprint density at radius 1 is 1.20 bits per heavy atom. The molecule has 1 saturated heterocycles. The number of benzene rings is 1. The molecular weight excluding hydrogens is 188 g/mol. The van der Waals surface area contributed by atoms with Crippen molar-refractivity contribution in [3.05, 3.63) is 35.9 Å². The molecule has 2 N–H and O–H groups in total. The summed E-state index contributed by atoms with van der Waals surface area (Å²) in [4.78, 5) is 13.6. The van der Waals surface area contributed by atoms with Crippen LogP contribution in [-0.2, 0) is 4.79 Å². The molecule has 1 aliphatic heterocycles. The molecule has 3 heteroatoms. The zero-order chi connectivity index (χ0) is 10.4. The van der Waals surface area contributed by atoms with E-state index in [-0.39, 0.29) is 18.0 Å². The van der Waals surface area contributed by atoms with Gasteiger partial charge in [-0.2, -0.15) is 0 Å². The van der Waals surface area contributed by atoms with Crippen molar-refractivity contribution in [2.45, 2.75) is 31.0 Å². The van der Waals surface area contributed by atoms with Crippen molar-refractivity contribution in [3.8, 4) is 0 Å². The van der Waals surface area contributed by atoms with Gasteiger partial charge in [-0.15, -0.1) is 0 Å². The summed E-state index contributed by atoms with van der Waals surface area (Å²) in [6.07, 6.45) is 2.28. The van der Waals surface area contributed by atoms with E-state index in [9.17, 15) is 4.79 Å². The molecule has 78 valence electrons. The average Bonchev–Trinajstić information content (AvgIpc) is 3.09. The molecule has 2 aliphatic rings. The molecule has 2 atom stereocenters. The third-order valence-corrected chi connectivity index (χ3v) is 3.26. The SMILES string of the molecule is N[C@H]1C(=O)N(C2CC2)[C@H]1c1ccccc1. The highest BCUT2D eigenvalue weighted by atomic mass is 16.2. The van der Waals surface area contributed by atoms with Gasteiger partial charge in [-0.1, -0.05) is 30.3 Å². The van der Waals surface area contributed by atoms with E-state index < -0.39 is 0 Å². The molecule has 2 fully saturated rings. The van der Waals surface area contributed by atoms with E-state index in [0.717, 1.165) is 18.4 Å². The Labute approximate surface area is 88.9 Å². The van der Waals surface area contributed by atoms with E-state index in [0.29, 0.717) is 6.04 Å². The van der Waals surface area contributed by atoms with Gasteiger partial charge in [0, 0.05) is 6.04 Å². The number of carbonyl (C=O) groups is 1. The van der Waals surface area contributed by atoms with E-state index >= 15 is 0 Å². The third kappa shape index (κ3) is 1.27. The molecule has 3 nitrogen and oxygen atoms in total. The van der Waals surface area contributed by atoms with Gasteiger partial charge in [-0.3, -0.25) is 4.79 Å². The molecule has 0 bridgehead atoms. The molecule has 1 saturated carbocycles. The number of nitrogens with two attached hydrogens (primary N) is 1. The molecule has 1 aromatic rings. The topological polar surface area (TPSA) is 46.3 Å². The predicted molar refractivity (Wildman–Crippen MR) is 57.0 cm³/mol. The van der Waals surface area contributed by atoms with Gasteiger partial charge in [0.2, 0.25) is 5.91 Å². The second-order valence-corrected chi connectivity index (χ2v) is 4.36. The first-order valence-electron chi connectivity index (χ1n) is 5.42. The molecule has 0 aromatic heterocycles. The standard InChI is InChI=1S/C12H14N2O/c13-10-11(8-4-2-1-3-5-8)14(12(10)15)9-6-7-9/h1-5,9-11H,6-7,13H2/t10-,11+/m1/s1. The lowest BCUT2D eigenvalue weighted by Crippen LogP contribution is -2.63. The monoisotopic (exact) mass is 202 g/mol. The number of β-lactam (4-membered cyclic amide) rings is 1. The largest absolute Gasteiger partial charge is 0.329 e. The number of hydrogen-bond acceptors (Lipinski definition) is 2. The molecule has 1 heterocycles. The number of amides is 1. The summed E-state index contributed by atoms with van der Waals surface area (Å²) >= 11 is 0. The molecule has 15 heavy (non-hydrogen) atoms. The van der Waals surface area contributed by atoms with Gasteiger partial charge in [-0.25, -0.2) is 0 Å². The minimum atomic E-state index is -0.326. The van der Waals surface area contributed by atoms with Crippen molar-refractivity contribution in [1.29, 1.82) is 0 Å². The van der Waals surface area contributed by atoms with Gasteiger partial charge in [0.1, 0.15) is 6.04 Å². The van der Waals surface area contributed by atoms with Crippen LogP contribution in [-0.4, -0.2) is 22.9 Å². The lowest BCUT2D eigenvalue weighted by molar-refractivity contribution is -0.150. The van der Waals surface area contributed by atoms with Crippen molar-refractivity contribution in [1.82, 2.24) is 4.90 Å². The van der Waals surface area contributed by atoms with E-state index in [4.69, 9.17) is 5.73 Å². The summed E-state index contributed by atoms with van der Waals surface area (Å²) in [6, 6.07) is 10.3. The molecule has 1 aliphatic carbocycles. The number of nitrogens with zero attached hydrogens (tertiary/aromatic N) is 1. The van der Waals surface area contributed by atoms with Crippen molar-refractivity contribution >= 4 is 5.91 Å². The van der Waals surface area contributed by atoms with Crippen molar-refractivity contribution in [2.75, 3.05) is 0 Å². The van der Waals surface area contributed by atoms with E-state index in [1.54, 1.807) is 0 Å². The second kappa shape index (κ2) is 3.07. The van der Waals surface area contributed by atoms with Crippen molar-refractivity contribution < 1.29 is 4.79 Å². The maximum Gasteiger partial charge on any atom is 0.242 e. The summed E-state index contributed by atoms with van der Waals surface area (Å²) in [7, 11) is 0. The number of likely N-dealkylation sites (tertiary alicyclic amines) is 1. The lowest BCUT2D eigenvalue weighted by Gasteiger charge is -2.46. The third-order valence-electron chi connectivity index (χ3n) is 3.26. The van der Waals surface area contributed by atoms with Crippen LogP contribution in [0.25, 0.3) is 0 Å². The summed E-state index contributed by atoms with van der Waals surface area (Å²) in [6.45, 7) is 0. The Hall–Kier alpha value is -1.35. The van der Waals surface area contributed by atoms with Crippen LogP contribution in [0.3, 0.4) is 0 Å². The number of carbonyl (C=O) groups excluding carboxylic acids is 1. The quantitative estimate of drug-likeness (QED) is 0.729. The van der Waals surface area contributed by atoms with Gasteiger partial charge < -0.3 is 10.6 Å². The number of hydrogen-bond donors (Lipinski definition) is 1. The molecule has 0 unspecified atom stereocenters. The lowest BCUT2D eigenvalue weighted by atomic mass is 9.89. The van der Waals surface area contributed by atoms with Crippen LogP contribution in [0.15, 0.2) is 30.3 Å². The van der Waals surface area contributed by atoms with E-state index in [2.05, 4.69) is 0 Å². The first-order valence-corrected chi connectivity index (χ1v) is 5.42. The van der Waals surface area contributed by atoms with Gasteiger partial charge >= 0.3 is 0 Å². The Kier molecular flexibility index (Phi) is 1.83. The van der Waals surface area contributed by atoms with Gasteiger partial charge in [0.25, 0.3) is 0 Å². The fraction of sp³-hybridized carbons (Fsp3) is 0.417. The van der Waals surface area contributed by atoms with Crippen LogP contribution >= 0.6 is 0 Å². The zero-order valence-electron chi connectivity index (χ0n) is 8.47. The van der Waals surface area contributed by atoms with Crippen LogP contribution in [0.4, 0.5) is 0 Å². The van der Waals surface area contributed by atoms with Crippen LogP contribution in [0.2, 0.25) is 0 Å². The highest BCUT2D eigenvalue weighted by molar-refractivity contribution is 5.90. The van der Waals surface area contributed by atoms with Crippen molar-refractivity contribution in [3.63, 3.8) is 0 Å². The maximum absolute atomic E-state index is 11.6. The Morgan fingerprint density at radius 2 is 1.87 bits per heavy atom. The molecule has 0 spiro atoms. The Balaban J connectivity index is 1.88. The van der Waals surface area contributed by atoms with E-state index in [1.165, 1.54) is 0 Å². The fourth-order valence-electron chi connectivity index (χ4n) is 2.31. The minimum Gasteiger partial charge on any atom is -0.329 e. The molecular formula is C12H14N2O. The van der Waals surface area contributed by atoms with Gasteiger partial charge in [0.05, 0.1) is 6.04 Å². The van der Waals surface area contributed by atoms with Crippen LogP contribution < -0.4 is 5.73 Å². The second-order valence-electron chi connectivity index (χ2n) is 4.36. The van der Waals surface area contributed by atoms with Crippen LogP contribution in [0, 0.1) is 0 Å². The summed E-state index contributed by atoms with van der Waals surface area (Å²) in [5, 5.41) is 0. The summed E-state index contributed by atoms with van der Waals surface area (Å²) < 4.78 is 0. The zero-order valence-corrected chi connectivity index (χ0v) is 8.47.